The lowest BCUT2D eigenvalue weighted by atomic mass is 9.42. The van der Waals surface area contributed by atoms with Gasteiger partial charge in [-0.05, 0) is 68.3 Å². The lowest BCUT2D eigenvalue weighted by Crippen LogP contribution is -2.58. The highest BCUT2D eigenvalue weighted by Gasteiger charge is 2.78. The van der Waals surface area contributed by atoms with E-state index in [1.54, 1.807) is 0 Å². The highest BCUT2D eigenvalue weighted by Crippen LogP contribution is 2.77. The minimum Gasteiger partial charge on any atom is -0.505 e. The first-order valence-corrected chi connectivity index (χ1v) is 9.31. The van der Waals surface area contributed by atoms with Gasteiger partial charge in [0.15, 0.2) is 5.76 Å². The fraction of sp³-hybridized carbons (Fsp3) is 0.850. The number of ketones is 1. The summed E-state index contributed by atoms with van der Waals surface area (Å²) in [7, 11) is 0. The van der Waals surface area contributed by atoms with Gasteiger partial charge in [-0.2, -0.15) is 0 Å². The molecule has 5 rings (SSSR count). The molecule has 7 atom stereocenters. The number of carbonyl (C=O) groups excluding carboxylic acids is 1. The Kier molecular flexibility index (Phi) is 2.34. The fourth-order valence-corrected chi connectivity index (χ4v) is 7.85. The number of carbonyl (C=O) groups is 1. The van der Waals surface area contributed by atoms with Crippen LogP contribution < -0.4 is 0 Å². The van der Waals surface area contributed by atoms with Gasteiger partial charge in [-0.1, -0.05) is 20.8 Å². The monoisotopic (exact) mass is 316 g/mol. The second-order valence-electron chi connectivity index (χ2n) is 9.98. The van der Waals surface area contributed by atoms with Crippen molar-refractivity contribution in [1.29, 1.82) is 0 Å². The first-order chi connectivity index (χ1) is 10.7. The number of aliphatic hydroxyl groups is 1. The molecule has 0 radical (unpaired) electrons. The molecule has 0 amide bonds. The quantitative estimate of drug-likeness (QED) is 0.687. The van der Waals surface area contributed by atoms with Crippen molar-refractivity contribution in [3.8, 4) is 0 Å². The Hall–Kier alpha value is -0.830. The first kappa shape index (κ1) is 14.5. The molecule has 0 aromatic carbocycles. The van der Waals surface area contributed by atoms with Gasteiger partial charge < -0.3 is 9.84 Å². The van der Waals surface area contributed by atoms with Crippen molar-refractivity contribution in [3.05, 3.63) is 11.8 Å². The van der Waals surface area contributed by atoms with Crippen LogP contribution in [-0.2, 0) is 9.53 Å². The van der Waals surface area contributed by atoms with E-state index in [9.17, 15) is 9.90 Å². The van der Waals surface area contributed by atoms with Gasteiger partial charge in [-0.25, -0.2) is 0 Å². The molecule has 1 saturated heterocycles. The molecule has 3 nitrogen and oxygen atoms in total. The summed E-state index contributed by atoms with van der Waals surface area (Å²) in [5.41, 5.74) is -0.125. The Labute approximate surface area is 138 Å². The van der Waals surface area contributed by atoms with Crippen LogP contribution in [0.1, 0.15) is 59.8 Å². The molecule has 2 bridgehead atoms. The molecule has 23 heavy (non-hydrogen) atoms. The molecule has 1 aliphatic heterocycles. The number of allylic oxidation sites excluding steroid dienone is 2. The van der Waals surface area contributed by atoms with Gasteiger partial charge >= 0.3 is 0 Å². The number of epoxide rings is 1. The van der Waals surface area contributed by atoms with Crippen LogP contribution >= 0.6 is 0 Å². The summed E-state index contributed by atoms with van der Waals surface area (Å²) in [4.78, 5) is 12.5. The smallest absolute Gasteiger partial charge is 0.202 e. The van der Waals surface area contributed by atoms with Crippen LogP contribution in [0.4, 0.5) is 0 Å². The summed E-state index contributed by atoms with van der Waals surface area (Å²) in [6, 6.07) is 0. The van der Waals surface area contributed by atoms with Gasteiger partial charge in [0.1, 0.15) is 0 Å². The highest BCUT2D eigenvalue weighted by molar-refractivity contribution is 5.98. The van der Waals surface area contributed by atoms with Crippen molar-refractivity contribution in [3.63, 3.8) is 0 Å². The van der Waals surface area contributed by atoms with Crippen LogP contribution in [0.25, 0.3) is 0 Å². The second-order valence-corrected chi connectivity index (χ2v) is 9.98. The molecule has 1 spiro atoms. The van der Waals surface area contributed by atoms with Crippen LogP contribution in [0.5, 0.6) is 0 Å². The third-order valence-electron chi connectivity index (χ3n) is 8.83. The molecule has 0 unspecified atom stereocenters. The van der Waals surface area contributed by atoms with E-state index in [2.05, 4.69) is 13.8 Å². The number of fused-ring (bicyclic) bond motifs is 5. The lowest BCUT2D eigenvalue weighted by molar-refractivity contribution is -0.152. The Balaban J connectivity index is 1.65. The molecule has 1 heterocycles. The zero-order valence-corrected chi connectivity index (χ0v) is 14.7. The van der Waals surface area contributed by atoms with Gasteiger partial charge in [0.25, 0.3) is 0 Å². The average molecular weight is 316 g/mol. The summed E-state index contributed by atoms with van der Waals surface area (Å²) in [5.74, 6) is 1.53. The predicted octanol–water partition coefficient (Wildman–Crippen LogP) is 4.03. The second kappa shape index (κ2) is 3.71. The van der Waals surface area contributed by atoms with E-state index >= 15 is 0 Å². The molecule has 3 saturated carbocycles. The van der Waals surface area contributed by atoms with Gasteiger partial charge in [-0.3, -0.25) is 4.79 Å². The molecular weight excluding hydrogens is 288 g/mol. The number of aliphatic hydroxyl groups excluding tert-OH is 1. The average Bonchev–Trinajstić information content (AvgIpc) is 3.14. The van der Waals surface area contributed by atoms with Crippen molar-refractivity contribution >= 4 is 5.78 Å². The molecule has 126 valence electrons. The zero-order chi connectivity index (χ0) is 16.4. The van der Waals surface area contributed by atoms with Crippen molar-refractivity contribution in [1.82, 2.24) is 0 Å². The largest absolute Gasteiger partial charge is 0.505 e. The summed E-state index contributed by atoms with van der Waals surface area (Å²) >= 11 is 0. The number of hydrogen-bond acceptors (Lipinski definition) is 3. The molecule has 4 fully saturated rings. The van der Waals surface area contributed by atoms with Gasteiger partial charge in [0, 0.05) is 10.8 Å². The molecule has 4 aliphatic carbocycles. The standard InChI is InChI=1S/C20H28O3/c1-17(2)13-7-8-20-9-11(19(4)16(20)23-19)5-6-14(20)18(13,3)10-12(21)15(17)22/h10-11,13-14,16,21H,5-9H2,1-4H3/t11-,13+,14-,16-,18+,19-,20-/m0/s1. The Morgan fingerprint density at radius 1 is 1.13 bits per heavy atom. The van der Waals surface area contributed by atoms with Crippen molar-refractivity contribution in [2.75, 3.05) is 0 Å². The highest BCUT2D eigenvalue weighted by atomic mass is 16.6. The number of hydrogen-bond donors (Lipinski definition) is 1. The maximum atomic E-state index is 12.5. The van der Waals surface area contributed by atoms with Crippen molar-refractivity contribution < 1.29 is 14.6 Å². The van der Waals surface area contributed by atoms with E-state index in [4.69, 9.17) is 4.74 Å². The van der Waals surface area contributed by atoms with Gasteiger partial charge in [0.05, 0.1) is 11.7 Å². The lowest BCUT2D eigenvalue weighted by Gasteiger charge is -2.61. The molecule has 1 N–H and O–H groups in total. The third-order valence-corrected chi connectivity index (χ3v) is 8.83. The van der Waals surface area contributed by atoms with E-state index in [0.717, 1.165) is 12.3 Å². The topological polar surface area (TPSA) is 49.8 Å². The van der Waals surface area contributed by atoms with Crippen LogP contribution in [0, 0.1) is 34.0 Å². The van der Waals surface area contributed by atoms with E-state index in [-0.39, 0.29) is 28.0 Å². The minimum atomic E-state index is -0.460. The predicted molar refractivity (Wildman–Crippen MR) is 86.9 cm³/mol. The van der Waals surface area contributed by atoms with Gasteiger partial charge in [0.2, 0.25) is 5.78 Å². The number of rotatable bonds is 0. The summed E-state index contributed by atoms with van der Waals surface area (Å²) < 4.78 is 6.24. The van der Waals surface area contributed by atoms with Crippen molar-refractivity contribution in [2.24, 2.45) is 34.0 Å². The van der Waals surface area contributed by atoms with Crippen LogP contribution in [0.15, 0.2) is 11.8 Å². The van der Waals surface area contributed by atoms with Crippen LogP contribution in [0.3, 0.4) is 0 Å². The first-order valence-electron chi connectivity index (χ1n) is 9.31. The fourth-order valence-electron chi connectivity index (χ4n) is 7.85. The zero-order valence-electron chi connectivity index (χ0n) is 14.7. The molecule has 5 aliphatic rings. The summed E-state index contributed by atoms with van der Waals surface area (Å²) in [5, 5.41) is 10.4. The van der Waals surface area contributed by atoms with Gasteiger partial charge in [-0.15, -0.1) is 0 Å². The normalized spacial score (nSPS) is 58.8. The Morgan fingerprint density at radius 3 is 2.61 bits per heavy atom. The Morgan fingerprint density at radius 2 is 1.87 bits per heavy atom. The number of Topliss-reactive ketones (excluding diaryl/α,β-unsaturated/α-hetero) is 1. The van der Waals surface area contributed by atoms with Crippen molar-refractivity contribution in [2.45, 2.75) is 71.5 Å². The van der Waals surface area contributed by atoms with E-state index in [0.29, 0.717) is 17.9 Å². The molecule has 0 aromatic rings. The van der Waals surface area contributed by atoms with E-state index in [1.165, 1.54) is 25.7 Å². The maximum Gasteiger partial charge on any atom is 0.202 e. The molecule has 3 heteroatoms. The summed E-state index contributed by atoms with van der Waals surface area (Å²) in [6.07, 6.45) is 8.39. The number of ether oxygens (including phenoxy) is 1. The van der Waals surface area contributed by atoms with Crippen LogP contribution in [0.2, 0.25) is 0 Å². The minimum absolute atomic E-state index is 0.00500. The third kappa shape index (κ3) is 1.38. The van der Waals surface area contributed by atoms with E-state index in [1.807, 2.05) is 19.9 Å². The Bertz CT molecular complexity index is 649. The molecular formula is C20H28O3. The maximum absolute atomic E-state index is 12.5. The SMILES string of the molecule is CC1(C)C(=O)C(O)=C[C@]2(C)[C@@H]1CC[C@]13C[C@H](CC[C@@H]21)[C@]1(C)O[C@H]31. The van der Waals surface area contributed by atoms with Crippen LogP contribution in [-0.4, -0.2) is 22.6 Å². The van der Waals surface area contributed by atoms with E-state index < -0.39 is 5.41 Å². The summed E-state index contributed by atoms with van der Waals surface area (Å²) in [6.45, 7) is 8.70. The molecule has 0 aromatic heterocycles.